The van der Waals surface area contributed by atoms with Crippen LogP contribution in [0.5, 0.6) is 0 Å². The molecule has 1 heterocycles. The molecule has 0 spiro atoms. The summed E-state index contributed by atoms with van der Waals surface area (Å²) < 4.78 is 15.4. The van der Waals surface area contributed by atoms with Crippen LogP contribution in [0.25, 0.3) is 11.3 Å². The number of aromatic nitrogens is 1. The Kier molecular flexibility index (Phi) is 6.06. The van der Waals surface area contributed by atoms with Crippen LogP contribution < -0.4 is 5.32 Å². The van der Waals surface area contributed by atoms with Crippen LogP contribution in [0.2, 0.25) is 5.02 Å². The van der Waals surface area contributed by atoms with Gasteiger partial charge in [-0.25, -0.2) is 9.37 Å². The van der Waals surface area contributed by atoms with Crippen molar-refractivity contribution >= 4 is 39.9 Å². The number of carbonyl (C=O) groups excluding carboxylic acids is 1. The standard InChI is InChI=1S/C20H16ClFN2O3S/c21-15-9-5-4-8-14(15)16-12-28-19(23-16)24-18(27)20(22,11-17(25)26)10-13-6-2-1-3-7-13/h1-9,12H,10-11H2,(H,25,26)(H,23,24,27)/t20-/m1/s1. The maximum atomic E-state index is 15.4. The summed E-state index contributed by atoms with van der Waals surface area (Å²) in [7, 11) is 0. The number of hydrogen-bond donors (Lipinski definition) is 2. The van der Waals surface area contributed by atoms with Gasteiger partial charge in [-0.15, -0.1) is 11.3 Å². The molecule has 0 saturated carbocycles. The molecule has 0 radical (unpaired) electrons. The van der Waals surface area contributed by atoms with E-state index in [1.807, 2.05) is 0 Å². The Morgan fingerprint density at radius 2 is 1.82 bits per heavy atom. The fourth-order valence-corrected chi connectivity index (χ4v) is 3.65. The Bertz CT molecular complexity index is 996. The molecular formula is C20H16ClFN2O3S. The molecule has 5 nitrogen and oxygen atoms in total. The van der Waals surface area contributed by atoms with Gasteiger partial charge in [0.25, 0.3) is 5.91 Å². The third-order valence-corrected chi connectivity index (χ3v) is 5.13. The zero-order valence-electron chi connectivity index (χ0n) is 14.6. The number of amides is 1. The topological polar surface area (TPSA) is 79.3 Å². The third kappa shape index (κ3) is 4.74. The maximum Gasteiger partial charge on any atom is 0.307 e. The lowest BCUT2D eigenvalue weighted by molar-refractivity contribution is -0.144. The van der Waals surface area contributed by atoms with E-state index in [2.05, 4.69) is 10.3 Å². The molecule has 0 bridgehead atoms. The van der Waals surface area contributed by atoms with Crippen LogP contribution in [-0.2, 0) is 16.0 Å². The first-order valence-corrected chi connectivity index (χ1v) is 9.60. The van der Waals surface area contributed by atoms with E-state index >= 15 is 4.39 Å². The van der Waals surface area contributed by atoms with Gasteiger partial charge in [-0.3, -0.25) is 14.9 Å². The highest BCUT2D eigenvalue weighted by molar-refractivity contribution is 7.14. The van der Waals surface area contributed by atoms with Crippen molar-refractivity contribution in [2.75, 3.05) is 5.32 Å². The average Bonchev–Trinajstić information content (AvgIpc) is 3.10. The molecule has 3 aromatic rings. The van der Waals surface area contributed by atoms with E-state index in [0.29, 0.717) is 21.8 Å². The summed E-state index contributed by atoms with van der Waals surface area (Å²) in [6.45, 7) is 0. The van der Waals surface area contributed by atoms with Gasteiger partial charge in [-0.1, -0.05) is 60.1 Å². The number of hydrogen-bond acceptors (Lipinski definition) is 4. The van der Waals surface area contributed by atoms with Gasteiger partial charge in [-0.05, 0) is 11.6 Å². The van der Waals surface area contributed by atoms with E-state index < -0.39 is 24.0 Å². The van der Waals surface area contributed by atoms with E-state index in [0.717, 1.165) is 11.3 Å². The highest BCUT2D eigenvalue weighted by Gasteiger charge is 2.41. The minimum Gasteiger partial charge on any atom is -0.481 e. The second kappa shape index (κ2) is 8.50. The number of halogens is 2. The van der Waals surface area contributed by atoms with E-state index in [1.54, 1.807) is 60.0 Å². The minimum atomic E-state index is -2.61. The number of rotatable bonds is 7. The van der Waals surface area contributed by atoms with Crippen LogP contribution in [0.1, 0.15) is 12.0 Å². The largest absolute Gasteiger partial charge is 0.481 e. The summed E-state index contributed by atoms with van der Waals surface area (Å²) in [5, 5.41) is 13.8. The van der Waals surface area contributed by atoms with Crippen molar-refractivity contribution in [1.82, 2.24) is 4.98 Å². The molecule has 0 aliphatic carbocycles. The molecule has 144 valence electrons. The monoisotopic (exact) mass is 418 g/mol. The summed E-state index contributed by atoms with van der Waals surface area (Å²) in [5.74, 6) is -2.44. The third-order valence-electron chi connectivity index (χ3n) is 4.04. The van der Waals surface area contributed by atoms with Crippen molar-refractivity contribution in [3.8, 4) is 11.3 Å². The Balaban J connectivity index is 1.80. The van der Waals surface area contributed by atoms with Gasteiger partial charge < -0.3 is 5.11 Å². The Labute approximate surface area is 169 Å². The van der Waals surface area contributed by atoms with Crippen molar-refractivity contribution < 1.29 is 19.1 Å². The Morgan fingerprint density at radius 1 is 1.14 bits per heavy atom. The number of aliphatic carboxylic acids is 1. The van der Waals surface area contributed by atoms with Gasteiger partial charge in [0.05, 0.1) is 12.1 Å². The summed E-state index contributed by atoms with van der Waals surface area (Å²) in [6, 6.07) is 15.5. The van der Waals surface area contributed by atoms with Crippen LogP contribution in [0.4, 0.5) is 9.52 Å². The molecule has 2 aromatic carbocycles. The summed E-state index contributed by atoms with van der Waals surface area (Å²) >= 11 is 7.25. The number of anilines is 1. The Morgan fingerprint density at radius 3 is 2.50 bits per heavy atom. The van der Waals surface area contributed by atoms with Gasteiger partial charge in [0.2, 0.25) is 5.67 Å². The fourth-order valence-electron chi connectivity index (χ4n) is 2.72. The summed E-state index contributed by atoms with van der Waals surface area (Å²) in [6.07, 6.45) is -1.30. The lowest BCUT2D eigenvalue weighted by atomic mass is 9.92. The normalized spacial score (nSPS) is 12.9. The minimum absolute atomic E-state index is 0.167. The molecule has 3 rings (SSSR count). The average molecular weight is 419 g/mol. The first-order chi connectivity index (χ1) is 13.4. The number of nitrogens with zero attached hydrogens (tertiary/aromatic N) is 1. The highest BCUT2D eigenvalue weighted by Crippen LogP contribution is 2.31. The van der Waals surface area contributed by atoms with E-state index in [4.69, 9.17) is 16.7 Å². The number of benzene rings is 2. The molecule has 0 aliphatic heterocycles. The quantitative estimate of drug-likeness (QED) is 0.576. The number of nitrogens with one attached hydrogen (secondary N) is 1. The molecule has 0 fully saturated rings. The van der Waals surface area contributed by atoms with Gasteiger partial charge in [-0.2, -0.15) is 0 Å². The molecule has 28 heavy (non-hydrogen) atoms. The predicted octanol–water partition coefficient (Wildman–Crippen LogP) is 4.83. The smallest absolute Gasteiger partial charge is 0.307 e. The van der Waals surface area contributed by atoms with Crippen molar-refractivity contribution in [3.05, 3.63) is 70.6 Å². The van der Waals surface area contributed by atoms with Gasteiger partial charge in [0, 0.05) is 22.4 Å². The van der Waals surface area contributed by atoms with Crippen LogP contribution in [-0.4, -0.2) is 27.6 Å². The molecule has 2 N–H and O–H groups in total. The van der Waals surface area contributed by atoms with Gasteiger partial charge in [0.1, 0.15) is 0 Å². The molecule has 1 atom stereocenters. The molecule has 0 aliphatic rings. The molecule has 0 saturated heterocycles. The number of alkyl halides is 1. The highest BCUT2D eigenvalue weighted by atomic mass is 35.5. The van der Waals surface area contributed by atoms with E-state index in [1.165, 1.54) is 0 Å². The zero-order chi connectivity index (χ0) is 20.1. The maximum absolute atomic E-state index is 15.4. The predicted molar refractivity (Wildman–Crippen MR) is 107 cm³/mol. The lowest BCUT2D eigenvalue weighted by Gasteiger charge is -2.22. The van der Waals surface area contributed by atoms with Crippen LogP contribution in [0.15, 0.2) is 60.0 Å². The van der Waals surface area contributed by atoms with E-state index in [-0.39, 0.29) is 11.6 Å². The Hall–Kier alpha value is -2.77. The fraction of sp³-hybridized carbons (Fsp3) is 0.150. The van der Waals surface area contributed by atoms with E-state index in [9.17, 15) is 9.59 Å². The van der Waals surface area contributed by atoms with Crippen molar-refractivity contribution in [2.45, 2.75) is 18.5 Å². The van der Waals surface area contributed by atoms with Gasteiger partial charge >= 0.3 is 5.97 Å². The first-order valence-electron chi connectivity index (χ1n) is 8.34. The number of carboxylic acid groups (broad SMARTS) is 1. The molecule has 8 heteroatoms. The zero-order valence-corrected chi connectivity index (χ0v) is 16.1. The van der Waals surface area contributed by atoms with Crippen molar-refractivity contribution in [3.63, 3.8) is 0 Å². The number of thiazole rings is 1. The van der Waals surface area contributed by atoms with Gasteiger partial charge in [0.15, 0.2) is 5.13 Å². The molecule has 1 aromatic heterocycles. The second-order valence-corrected chi connectivity index (χ2v) is 7.44. The molecule has 0 unspecified atom stereocenters. The van der Waals surface area contributed by atoms with Crippen LogP contribution in [0.3, 0.4) is 0 Å². The van der Waals surface area contributed by atoms with Crippen molar-refractivity contribution in [1.29, 1.82) is 0 Å². The van der Waals surface area contributed by atoms with Crippen LogP contribution in [0, 0.1) is 0 Å². The summed E-state index contributed by atoms with van der Waals surface area (Å²) in [5.41, 5.74) is -0.861. The lowest BCUT2D eigenvalue weighted by Crippen LogP contribution is -2.42. The number of carbonyl (C=O) groups is 2. The second-order valence-electron chi connectivity index (χ2n) is 6.17. The SMILES string of the molecule is O=C(O)C[C@](F)(Cc1ccccc1)C(=O)Nc1nc(-c2ccccc2Cl)cs1. The molecular weight excluding hydrogens is 403 g/mol. The summed E-state index contributed by atoms with van der Waals surface area (Å²) in [4.78, 5) is 28.0. The van der Waals surface area contributed by atoms with Crippen molar-refractivity contribution in [2.24, 2.45) is 0 Å². The van der Waals surface area contributed by atoms with Crippen LogP contribution >= 0.6 is 22.9 Å². The number of carboxylic acids is 1. The molecule has 1 amide bonds. The first kappa shape index (κ1) is 20.0.